The van der Waals surface area contributed by atoms with Crippen molar-refractivity contribution in [3.05, 3.63) is 11.8 Å². The Balaban J connectivity index is 2.37. The Labute approximate surface area is 96.7 Å². The SMILES string of the molecule is COC(=O)c1cc2n(n1)C(C(F)F)CC(C)N2. The van der Waals surface area contributed by atoms with Gasteiger partial charge < -0.3 is 10.1 Å². The summed E-state index contributed by atoms with van der Waals surface area (Å²) in [5.41, 5.74) is 0.0368. The Morgan fingerprint density at radius 1 is 1.71 bits per heavy atom. The number of anilines is 1. The van der Waals surface area contributed by atoms with E-state index in [0.29, 0.717) is 5.82 Å². The molecule has 0 radical (unpaired) electrons. The summed E-state index contributed by atoms with van der Waals surface area (Å²) in [6.07, 6.45) is -2.24. The lowest BCUT2D eigenvalue weighted by Gasteiger charge is -2.29. The molecule has 0 aromatic carbocycles. The number of carbonyl (C=O) groups is 1. The number of carbonyl (C=O) groups excluding carboxylic acids is 1. The molecular formula is C10H13F2N3O2. The van der Waals surface area contributed by atoms with Crippen molar-refractivity contribution in [2.75, 3.05) is 12.4 Å². The largest absolute Gasteiger partial charge is 0.464 e. The first-order valence-electron chi connectivity index (χ1n) is 5.25. The molecule has 0 fully saturated rings. The zero-order valence-electron chi connectivity index (χ0n) is 9.48. The van der Waals surface area contributed by atoms with Crippen molar-refractivity contribution in [2.24, 2.45) is 0 Å². The van der Waals surface area contributed by atoms with E-state index in [0.717, 1.165) is 4.68 Å². The summed E-state index contributed by atoms with van der Waals surface area (Å²) in [7, 11) is 1.22. The number of nitrogens with zero attached hydrogens (tertiary/aromatic N) is 2. The first-order chi connectivity index (χ1) is 8.02. The topological polar surface area (TPSA) is 56.2 Å². The minimum Gasteiger partial charge on any atom is -0.464 e. The van der Waals surface area contributed by atoms with Crippen LogP contribution in [0.4, 0.5) is 14.6 Å². The van der Waals surface area contributed by atoms with Crippen LogP contribution in [0.15, 0.2) is 6.07 Å². The number of halogens is 2. The maximum atomic E-state index is 12.9. The average Bonchev–Trinajstić information content (AvgIpc) is 2.69. The van der Waals surface area contributed by atoms with Crippen LogP contribution in [0, 0.1) is 0 Å². The van der Waals surface area contributed by atoms with Gasteiger partial charge in [0.1, 0.15) is 11.9 Å². The first kappa shape index (κ1) is 11.8. The molecule has 1 aromatic heterocycles. The quantitative estimate of drug-likeness (QED) is 0.805. The summed E-state index contributed by atoms with van der Waals surface area (Å²) >= 11 is 0. The number of methoxy groups -OCH3 is 1. The molecule has 2 rings (SSSR count). The van der Waals surface area contributed by atoms with Crippen LogP contribution < -0.4 is 5.32 Å². The van der Waals surface area contributed by atoms with Gasteiger partial charge in [0.15, 0.2) is 5.69 Å². The van der Waals surface area contributed by atoms with Crippen LogP contribution >= 0.6 is 0 Å². The van der Waals surface area contributed by atoms with Gasteiger partial charge in [-0.3, -0.25) is 0 Å². The average molecular weight is 245 g/mol. The number of alkyl halides is 2. The number of esters is 1. The third kappa shape index (κ3) is 2.09. The van der Waals surface area contributed by atoms with Crippen molar-refractivity contribution in [1.29, 1.82) is 0 Å². The summed E-state index contributed by atoms with van der Waals surface area (Å²) in [5, 5.41) is 6.86. The van der Waals surface area contributed by atoms with E-state index in [9.17, 15) is 13.6 Å². The summed E-state index contributed by atoms with van der Waals surface area (Å²) in [6, 6.07) is 0.347. The minimum atomic E-state index is -2.51. The number of hydrogen-bond acceptors (Lipinski definition) is 4. The van der Waals surface area contributed by atoms with Crippen LogP contribution in [0.3, 0.4) is 0 Å². The molecule has 2 atom stereocenters. The van der Waals surface area contributed by atoms with Gasteiger partial charge >= 0.3 is 5.97 Å². The summed E-state index contributed by atoms with van der Waals surface area (Å²) in [4.78, 5) is 11.3. The van der Waals surface area contributed by atoms with E-state index in [1.54, 1.807) is 0 Å². The predicted octanol–water partition coefficient (Wildman–Crippen LogP) is 1.68. The van der Waals surface area contributed by atoms with Crippen LogP contribution in [0.5, 0.6) is 0 Å². The third-order valence-corrected chi connectivity index (χ3v) is 2.72. The Hall–Kier alpha value is -1.66. The van der Waals surface area contributed by atoms with E-state index in [4.69, 9.17) is 0 Å². The zero-order chi connectivity index (χ0) is 12.6. The highest BCUT2D eigenvalue weighted by Gasteiger charge is 2.33. The fourth-order valence-electron chi connectivity index (χ4n) is 1.94. The van der Waals surface area contributed by atoms with Crippen LogP contribution in [-0.4, -0.2) is 35.3 Å². The molecule has 7 heteroatoms. The van der Waals surface area contributed by atoms with Gasteiger partial charge in [0.05, 0.1) is 7.11 Å². The second-order valence-electron chi connectivity index (χ2n) is 4.03. The van der Waals surface area contributed by atoms with Gasteiger partial charge in [-0.05, 0) is 13.3 Å². The molecule has 94 valence electrons. The Morgan fingerprint density at radius 3 is 3.00 bits per heavy atom. The fraction of sp³-hybridized carbons (Fsp3) is 0.600. The zero-order valence-corrected chi connectivity index (χ0v) is 9.48. The number of rotatable bonds is 2. The lowest BCUT2D eigenvalue weighted by atomic mass is 10.1. The molecule has 1 aliphatic heterocycles. The van der Waals surface area contributed by atoms with E-state index in [2.05, 4.69) is 15.2 Å². The van der Waals surface area contributed by atoms with Gasteiger partial charge in [-0.1, -0.05) is 0 Å². The van der Waals surface area contributed by atoms with E-state index in [1.807, 2.05) is 6.92 Å². The Bertz CT molecular complexity index is 433. The van der Waals surface area contributed by atoms with Gasteiger partial charge in [0, 0.05) is 12.1 Å². The third-order valence-electron chi connectivity index (χ3n) is 2.72. The monoisotopic (exact) mass is 245 g/mol. The molecule has 0 bridgehead atoms. The molecule has 1 aliphatic rings. The van der Waals surface area contributed by atoms with Crippen molar-refractivity contribution in [3.63, 3.8) is 0 Å². The molecule has 0 saturated heterocycles. The molecule has 1 N–H and O–H groups in total. The van der Waals surface area contributed by atoms with Gasteiger partial charge in [-0.25, -0.2) is 18.3 Å². The van der Waals surface area contributed by atoms with Crippen molar-refractivity contribution >= 4 is 11.8 Å². The molecule has 2 unspecified atom stereocenters. The van der Waals surface area contributed by atoms with Crippen LogP contribution in [0.1, 0.15) is 29.9 Å². The lowest BCUT2D eigenvalue weighted by molar-refractivity contribution is 0.0570. The molecule has 0 aliphatic carbocycles. The molecule has 0 spiro atoms. The van der Waals surface area contributed by atoms with E-state index < -0.39 is 18.4 Å². The Kier molecular flexibility index (Phi) is 2.99. The number of fused-ring (bicyclic) bond motifs is 1. The van der Waals surface area contributed by atoms with Crippen LogP contribution in [0.25, 0.3) is 0 Å². The van der Waals surface area contributed by atoms with E-state index in [1.165, 1.54) is 13.2 Å². The smallest absolute Gasteiger partial charge is 0.358 e. The standard InChI is InChI=1S/C10H13F2N3O2/c1-5-3-7(9(11)12)15-8(13-5)4-6(14-15)10(16)17-2/h4-5,7,9,13H,3H2,1-2H3. The highest BCUT2D eigenvalue weighted by Crippen LogP contribution is 2.31. The summed E-state index contributed by atoms with van der Waals surface area (Å²) < 4.78 is 31.4. The minimum absolute atomic E-state index is 0.0368. The van der Waals surface area contributed by atoms with Crippen LogP contribution in [-0.2, 0) is 4.74 Å². The molecule has 17 heavy (non-hydrogen) atoms. The second kappa shape index (κ2) is 4.31. The van der Waals surface area contributed by atoms with Gasteiger partial charge in [0.25, 0.3) is 6.43 Å². The highest BCUT2D eigenvalue weighted by atomic mass is 19.3. The van der Waals surface area contributed by atoms with Crippen molar-refractivity contribution in [3.8, 4) is 0 Å². The number of nitrogens with one attached hydrogen (secondary N) is 1. The van der Waals surface area contributed by atoms with Crippen molar-refractivity contribution < 1.29 is 18.3 Å². The molecule has 0 amide bonds. The van der Waals surface area contributed by atoms with Gasteiger partial charge in [-0.15, -0.1) is 0 Å². The lowest BCUT2D eigenvalue weighted by Crippen LogP contribution is -2.33. The normalized spacial score (nSPS) is 23.1. The Morgan fingerprint density at radius 2 is 2.41 bits per heavy atom. The van der Waals surface area contributed by atoms with Crippen molar-refractivity contribution in [2.45, 2.75) is 31.9 Å². The molecular weight excluding hydrogens is 232 g/mol. The predicted molar refractivity (Wildman–Crippen MR) is 56.3 cm³/mol. The fourth-order valence-corrected chi connectivity index (χ4v) is 1.94. The molecule has 1 aromatic rings. The van der Waals surface area contributed by atoms with Crippen molar-refractivity contribution in [1.82, 2.24) is 9.78 Å². The summed E-state index contributed by atoms with van der Waals surface area (Å²) in [6.45, 7) is 1.81. The molecule has 2 heterocycles. The number of aromatic nitrogens is 2. The summed E-state index contributed by atoms with van der Waals surface area (Å²) in [5.74, 6) is -0.205. The molecule has 0 saturated carbocycles. The number of hydrogen-bond donors (Lipinski definition) is 1. The van der Waals surface area contributed by atoms with Gasteiger partial charge in [-0.2, -0.15) is 5.10 Å². The first-order valence-corrected chi connectivity index (χ1v) is 5.25. The van der Waals surface area contributed by atoms with E-state index in [-0.39, 0.29) is 18.2 Å². The van der Waals surface area contributed by atoms with E-state index >= 15 is 0 Å². The highest BCUT2D eigenvalue weighted by molar-refractivity contribution is 5.88. The molecule has 5 nitrogen and oxygen atoms in total. The van der Waals surface area contributed by atoms with Crippen LogP contribution in [0.2, 0.25) is 0 Å². The van der Waals surface area contributed by atoms with Gasteiger partial charge in [0.2, 0.25) is 0 Å². The number of ether oxygens (including phenoxy) is 1. The maximum absolute atomic E-state index is 12.9. The second-order valence-corrected chi connectivity index (χ2v) is 4.03. The maximum Gasteiger partial charge on any atom is 0.358 e.